The first-order chi connectivity index (χ1) is 69.2. The smallest absolute Gasteiger partial charge is 0.317 e. The van der Waals surface area contributed by atoms with Crippen LogP contribution in [-0.2, 0) is 99.0 Å². The van der Waals surface area contributed by atoms with Crippen LogP contribution in [0.3, 0.4) is 0 Å². The number of aryl methyl sites for hydroxylation is 8. The largest absolute Gasteiger partial charge is 0.480 e. The van der Waals surface area contributed by atoms with Crippen LogP contribution in [0.1, 0.15) is 105 Å². The molecule has 794 valence electrons. The van der Waals surface area contributed by atoms with Crippen molar-refractivity contribution in [2.45, 2.75) is 136 Å². The van der Waals surface area contributed by atoms with Crippen LogP contribution in [0.15, 0.2) is 117 Å². The molecule has 2 saturated heterocycles. The van der Waals surface area contributed by atoms with Crippen molar-refractivity contribution < 1.29 is 110 Å². The number of carboxylic acid groups (broad SMARTS) is 6. The number of aliphatic carboxylic acids is 6. The van der Waals surface area contributed by atoms with Gasteiger partial charge in [-0.25, -0.2) is 26.8 Å². The van der Waals surface area contributed by atoms with E-state index in [0.29, 0.717) is 64.7 Å². The summed E-state index contributed by atoms with van der Waals surface area (Å²) in [5.74, 6) is -9.52. The van der Waals surface area contributed by atoms with Crippen molar-refractivity contribution in [3.8, 4) is 0 Å². The lowest BCUT2D eigenvalue weighted by Gasteiger charge is -2.33. The standard InChI is InChI=1S/C50H70N12O13S.C46H63N11O12S/c1-6-39(56-42(64)28-58-14-16-59(29-43(65)66)18-20-61(31-45(69)70)21-19-60(17-15-58)30-44(67)68)49(73)51-10-7-13-62-27-38(46(71)37-9-8-36(24-41(37)62)25-55-50-52-11-12-53-50)48(72)54-26-40(35(5)63)57-76(74,75)47-33(3)22-32(2)23-34(47)4;1-30-20-31(2)44(32(3)21-30)70(68,69)52-37(33(4)58)24-50-45(67)36-25-57(38-22-34(6-7-35(38)43(36)66)23-51-46-48-9-10-49-46)11-5-8-47-39(59)26-53-12-14-54(27-40(60)61)16-18-56(29-42(64)65)19-17-55(15-13-53)28-41(62)63/h8-9,11-12,22-24,27,39-40,57H,6-7,10,13-21,25-26,28-31H2,1-5H3,(H,51,73)(H,54,72)(H,56,64)(H,65,66)(H,67,68)(H,69,70)(H2,52,53,55);6-7,9-10,20-22,25,37,52H,5,8,11-19,23-24,26-29H2,1-4H3,(H,47,59)(H,50,67)(H,60,61)(H,62,63)(H,64,65)(H2,48,49,51)/t39-,40?;/m0./s1. The predicted octanol–water partition coefficient (Wildman–Crippen LogP) is -0.286. The number of amides is 5. The third kappa shape index (κ3) is 36.5. The van der Waals surface area contributed by atoms with Crippen LogP contribution in [0.2, 0.25) is 0 Å². The number of rotatable bonds is 47. The molecule has 0 saturated carbocycles. The van der Waals surface area contributed by atoms with E-state index in [1.807, 2.05) is 13.8 Å². The number of aromatic amines is 2. The van der Waals surface area contributed by atoms with Crippen LogP contribution in [0.25, 0.3) is 21.8 Å². The second kappa shape index (κ2) is 55.6. The Bertz CT molecular complexity index is 6230. The fraction of sp³-hybridized carbons (Fsp3) is 0.490. The number of sulfonamides is 2. The van der Waals surface area contributed by atoms with Crippen LogP contribution in [0.5, 0.6) is 0 Å². The molecule has 4 aromatic carbocycles. The van der Waals surface area contributed by atoms with Crippen molar-refractivity contribution in [3.05, 3.63) is 174 Å². The molecule has 0 radical (unpaired) electrons. The van der Waals surface area contributed by atoms with Gasteiger partial charge in [-0.15, -0.1) is 0 Å². The maximum atomic E-state index is 14.0. The zero-order chi connectivity index (χ0) is 107. The lowest BCUT2D eigenvalue weighted by atomic mass is 10.1. The first-order valence-corrected chi connectivity index (χ1v) is 50.7. The normalized spacial score (nSPS) is 15.4. The number of anilines is 2. The molecule has 2 fully saturated rings. The summed E-state index contributed by atoms with van der Waals surface area (Å²) in [6.07, 6.45) is 10.1. The van der Waals surface area contributed by atoms with Gasteiger partial charge in [-0.1, -0.05) is 54.4 Å². The van der Waals surface area contributed by atoms with E-state index in [1.54, 1.807) is 168 Å². The minimum Gasteiger partial charge on any atom is -0.480 e. The summed E-state index contributed by atoms with van der Waals surface area (Å²) in [6.45, 7) is 16.3. The van der Waals surface area contributed by atoms with Crippen LogP contribution in [-0.4, -0.2) is 394 Å². The Morgan fingerprint density at radius 3 is 0.986 bits per heavy atom. The average molecular weight is 2070 g/mol. The summed E-state index contributed by atoms with van der Waals surface area (Å²) in [5, 5.41) is 77.6. The fourth-order valence-corrected chi connectivity index (χ4v) is 20.8. The first-order valence-electron chi connectivity index (χ1n) is 47.7. The van der Waals surface area contributed by atoms with Crippen molar-refractivity contribution in [1.29, 1.82) is 0 Å². The lowest BCUT2D eigenvalue weighted by Crippen LogP contribution is -2.52. The molecule has 50 heteroatoms. The molecule has 3 atom stereocenters. The Labute approximate surface area is 843 Å². The van der Waals surface area contributed by atoms with Gasteiger partial charge in [0.05, 0.1) is 85.3 Å². The number of imidazole rings is 2. The van der Waals surface area contributed by atoms with E-state index in [0.717, 1.165) is 22.3 Å². The Morgan fingerprint density at radius 2 is 0.699 bits per heavy atom. The van der Waals surface area contributed by atoms with Gasteiger partial charge in [-0.3, -0.25) is 111 Å². The van der Waals surface area contributed by atoms with E-state index >= 15 is 0 Å². The summed E-state index contributed by atoms with van der Waals surface area (Å²) >= 11 is 0. The van der Waals surface area contributed by atoms with Crippen molar-refractivity contribution >= 4 is 131 Å². The predicted molar refractivity (Wildman–Crippen MR) is 539 cm³/mol. The molecule has 2 aliphatic heterocycles. The number of H-pyrrole nitrogens is 2. The van der Waals surface area contributed by atoms with Crippen LogP contribution < -0.4 is 57.5 Å². The molecule has 6 heterocycles. The van der Waals surface area contributed by atoms with E-state index in [-0.39, 0.29) is 234 Å². The molecule has 8 aromatic rings. The number of ketones is 2. The van der Waals surface area contributed by atoms with E-state index in [1.165, 1.54) is 26.2 Å². The van der Waals surface area contributed by atoms with Crippen molar-refractivity contribution in [2.24, 2.45) is 0 Å². The minimum absolute atomic E-state index is 0.0207. The van der Waals surface area contributed by atoms with Gasteiger partial charge in [-0.2, -0.15) is 9.44 Å². The number of carbonyl (C=O) groups is 13. The molecule has 2 aliphatic rings. The van der Waals surface area contributed by atoms with Gasteiger partial charge < -0.3 is 87.0 Å². The Kier molecular flexibility index (Phi) is 44.1. The number of carbonyl (C=O) groups excluding carboxylic acids is 7. The molecule has 17 N–H and O–H groups in total. The molecule has 48 nitrogen and oxygen atoms in total. The van der Waals surface area contributed by atoms with Gasteiger partial charge in [0, 0.05) is 205 Å². The second-order valence-electron chi connectivity index (χ2n) is 36.3. The summed E-state index contributed by atoms with van der Waals surface area (Å²) in [4.78, 5) is 219. The number of hydrogen-bond acceptors (Lipinski definition) is 31. The number of nitrogens with zero attached hydrogens (tertiary/aromatic N) is 12. The second-order valence-corrected chi connectivity index (χ2v) is 39.6. The highest BCUT2D eigenvalue weighted by atomic mass is 32.2. The number of Topliss-reactive ketones (excluding diaryl/α,β-unsaturated/α-hetero) is 2. The van der Waals surface area contributed by atoms with Gasteiger partial charge in [0.15, 0.2) is 11.9 Å². The monoisotopic (exact) mass is 2070 g/mol. The summed E-state index contributed by atoms with van der Waals surface area (Å²) in [5.41, 5.74) is 4.46. The fourth-order valence-electron chi connectivity index (χ4n) is 17.4. The number of pyridine rings is 2. The molecule has 10 rings (SSSR count). The highest BCUT2D eigenvalue weighted by molar-refractivity contribution is 7.90. The maximum Gasteiger partial charge on any atom is 0.317 e. The topological polar surface area (TPSA) is 647 Å². The Hall–Kier alpha value is -13.7. The van der Waals surface area contributed by atoms with Gasteiger partial charge in [0.25, 0.3) is 11.8 Å². The summed E-state index contributed by atoms with van der Waals surface area (Å²) < 4.78 is 62.5. The highest BCUT2D eigenvalue weighted by Gasteiger charge is 2.33. The Morgan fingerprint density at radius 1 is 0.397 bits per heavy atom. The molecule has 146 heavy (non-hydrogen) atoms. The third-order valence-corrected chi connectivity index (χ3v) is 28.1. The number of hydrogen-bond donors (Lipinski definition) is 17. The minimum atomic E-state index is -4.22. The highest BCUT2D eigenvalue weighted by Crippen LogP contribution is 2.26. The summed E-state index contributed by atoms with van der Waals surface area (Å²) in [6, 6.07) is 13.4. The van der Waals surface area contributed by atoms with Gasteiger partial charge in [-0.05, 0) is 132 Å². The quantitative estimate of drug-likeness (QED) is 0.0218. The van der Waals surface area contributed by atoms with Crippen LogP contribution in [0.4, 0.5) is 11.9 Å². The van der Waals surface area contributed by atoms with E-state index in [2.05, 4.69) is 66.6 Å². The lowest BCUT2D eigenvalue weighted by molar-refractivity contribution is -0.140. The molecule has 5 amide bonds. The van der Waals surface area contributed by atoms with Crippen LogP contribution >= 0.6 is 0 Å². The van der Waals surface area contributed by atoms with Gasteiger partial charge in [0.2, 0.25) is 48.6 Å². The number of carboxylic acids is 6. The SMILES string of the molecule is CC(=O)C(CNC(=O)c1cn(CCCNC(=O)CN2CCN(CC(=O)O)CCN(CC(=O)O)CCN(CC(=O)O)CC2)c2cc(CNc3ncc[nH]3)ccc2c1=O)NS(=O)(=O)c1c(C)cc(C)cc1C.CC[C@H](NC(=O)CN1CCN(CC(=O)O)CCN(CC(=O)O)CCN(CC(=O)O)CC1)C(=O)NCCCn1cc(C(=O)NCC(NS(=O)(=O)c2c(C)cc(C)cc2C)C(C)=O)c(=O)c2ccc(CNc3ncc[nH]3)cc21. The Balaban J connectivity index is 0.000000326. The van der Waals surface area contributed by atoms with E-state index < -0.39 is 133 Å². The van der Waals surface area contributed by atoms with Crippen molar-refractivity contribution in [1.82, 2.24) is 104 Å². The molecule has 0 aliphatic carbocycles. The molecule has 0 bridgehead atoms. The zero-order valence-electron chi connectivity index (χ0n) is 83.3. The zero-order valence-corrected chi connectivity index (χ0v) is 85.0. The third-order valence-electron chi connectivity index (χ3n) is 24.5. The molecule has 0 spiro atoms. The number of aromatic nitrogens is 6. The molecule has 4 aromatic heterocycles. The van der Waals surface area contributed by atoms with E-state index in [9.17, 15) is 119 Å². The number of fused-ring (bicyclic) bond motifs is 2. The van der Waals surface area contributed by atoms with Gasteiger partial charge in [0.1, 0.15) is 28.7 Å². The summed E-state index contributed by atoms with van der Waals surface area (Å²) in [7, 11) is -8.42. The molecular weight excluding hydrogens is 1940 g/mol. The average Bonchev–Trinajstić information content (AvgIpc) is 0.864. The molecular formula is C96H133N23O25S2. The number of benzene rings is 4. The van der Waals surface area contributed by atoms with Crippen LogP contribution in [0, 0.1) is 41.5 Å². The van der Waals surface area contributed by atoms with E-state index in [4.69, 9.17) is 0 Å². The first kappa shape index (κ1) is 116. The molecule has 2 unspecified atom stereocenters. The number of nitrogens with one attached hydrogen (secondary N) is 11. The van der Waals surface area contributed by atoms with Gasteiger partial charge >= 0.3 is 35.8 Å². The van der Waals surface area contributed by atoms with Crippen molar-refractivity contribution in [2.75, 3.05) is 194 Å². The maximum absolute atomic E-state index is 14.0. The van der Waals surface area contributed by atoms with Crippen molar-refractivity contribution in [3.63, 3.8) is 0 Å².